The number of hydrogen-bond donors (Lipinski definition) is 1. The maximum absolute atomic E-state index is 12.1. The molecule has 0 atom stereocenters. The first kappa shape index (κ1) is 18.7. The zero-order valence-electron chi connectivity index (χ0n) is 15.2. The molecule has 2 amide bonds. The Morgan fingerprint density at radius 2 is 1.80 bits per heavy atom. The van der Waals surface area contributed by atoms with Gasteiger partial charge < -0.3 is 10.2 Å². The highest BCUT2D eigenvalue weighted by Gasteiger charge is 2.11. The minimum atomic E-state index is -0.0232. The van der Waals surface area contributed by atoms with Crippen molar-refractivity contribution in [1.29, 1.82) is 0 Å². The van der Waals surface area contributed by atoms with Crippen LogP contribution in [0.4, 0.5) is 0 Å². The third-order valence-corrected chi connectivity index (χ3v) is 4.22. The number of carbonyl (C=O) groups excluding carboxylic acids is 2. The van der Waals surface area contributed by atoms with E-state index in [1.54, 1.807) is 11.8 Å². The van der Waals surface area contributed by atoms with Crippen molar-refractivity contribution in [3.63, 3.8) is 0 Å². The van der Waals surface area contributed by atoms with Crippen molar-refractivity contribution < 1.29 is 9.59 Å². The van der Waals surface area contributed by atoms with Crippen LogP contribution in [0.3, 0.4) is 0 Å². The topological polar surface area (TPSA) is 49.4 Å². The molecule has 0 saturated heterocycles. The minimum Gasteiger partial charge on any atom is -0.354 e. The molecule has 0 spiro atoms. The molecule has 4 heteroatoms. The van der Waals surface area contributed by atoms with Gasteiger partial charge in [0.25, 0.3) is 0 Å². The molecule has 25 heavy (non-hydrogen) atoms. The summed E-state index contributed by atoms with van der Waals surface area (Å²) in [6, 6.07) is 16.0. The van der Waals surface area contributed by atoms with Gasteiger partial charge in [0.1, 0.15) is 0 Å². The molecule has 0 radical (unpaired) electrons. The number of rotatable bonds is 7. The molecule has 0 aliphatic rings. The fraction of sp³-hybridized carbons (Fsp3) is 0.333. The Labute approximate surface area is 149 Å². The number of benzene rings is 2. The van der Waals surface area contributed by atoms with Gasteiger partial charge in [-0.3, -0.25) is 9.59 Å². The van der Waals surface area contributed by atoms with E-state index in [9.17, 15) is 9.59 Å². The van der Waals surface area contributed by atoms with Gasteiger partial charge in [-0.15, -0.1) is 0 Å². The summed E-state index contributed by atoms with van der Waals surface area (Å²) in [4.78, 5) is 25.7. The lowest BCUT2D eigenvalue weighted by molar-refractivity contribution is -0.130. The second kappa shape index (κ2) is 9.02. The smallest absolute Gasteiger partial charge is 0.224 e. The molecular formula is C21H26N2O2. The molecule has 132 valence electrons. The van der Waals surface area contributed by atoms with E-state index in [0.29, 0.717) is 26.1 Å². The third kappa shape index (κ3) is 6.07. The fourth-order valence-corrected chi connectivity index (χ4v) is 2.74. The van der Waals surface area contributed by atoms with Crippen LogP contribution >= 0.6 is 0 Å². The quantitative estimate of drug-likeness (QED) is 0.844. The van der Waals surface area contributed by atoms with Crippen molar-refractivity contribution >= 4 is 11.8 Å². The molecule has 0 aliphatic carbocycles. The molecule has 0 heterocycles. The van der Waals surface area contributed by atoms with Crippen LogP contribution < -0.4 is 5.32 Å². The van der Waals surface area contributed by atoms with E-state index >= 15 is 0 Å². The first-order valence-corrected chi connectivity index (χ1v) is 8.58. The first-order valence-electron chi connectivity index (χ1n) is 8.58. The zero-order chi connectivity index (χ0) is 18.2. The summed E-state index contributed by atoms with van der Waals surface area (Å²) in [5.41, 5.74) is 4.44. The second-order valence-corrected chi connectivity index (χ2v) is 6.38. The van der Waals surface area contributed by atoms with E-state index in [1.807, 2.05) is 62.4 Å². The van der Waals surface area contributed by atoms with E-state index < -0.39 is 0 Å². The van der Waals surface area contributed by atoms with Crippen LogP contribution in [-0.2, 0) is 22.6 Å². The minimum absolute atomic E-state index is 0.0104. The average Bonchev–Trinajstić information content (AvgIpc) is 2.55. The van der Waals surface area contributed by atoms with Gasteiger partial charge in [0.15, 0.2) is 0 Å². The van der Waals surface area contributed by atoms with Crippen molar-refractivity contribution in [2.24, 2.45) is 0 Å². The number of amides is 2. The number of nitrogens with one attached hydrogen (secondary N) is 1. The van der Waals surface area contributed by atoms with Gasteiger partial charge in [0, 0.05) is 26.6 Å². The molecule has 2 aromatic carbocycles. The Kier molecular flexibility index (Phi) is 6.75. The van der Waals surface area contributed by atoms with Crippen LogP contribution in [0.15, 0.2) is 48.5 Å². The second-order valence-electron chi connectivity index (χ2n) is 6.38. The Hall–Kier alpha value is -2.62. The van der Waals surface area contributed by atoms with E-state index in [-0.39, 0.29) is 11.8 Å². The molecule has 0 aromatic heterocycles. The molecule has 4 nitrogen and oxygen atoms in total. The van der Waals surface area contributed by atoms with E-state index in [4.69, 9.17) is 0 Å². The number of hydrogen-bond acceptors (Lipinski definition) is 2. The highest BCUT2D eigenvalue weighted by Crippen LogP contribution is 2.10. The molecule has 2 aromatic rings. The maximum Gasteiger partial charge on any atom is 0.224 e. The molecule has 0 fully saturated rings. The lowest BCUT2D eigenvalue weighted by Gasteiger charge is -2.22. The predicted octanol–water partition coefficient (Wildman–Crippen LogP) is 3.01. The van der Waals surface area contributed by atoms with Gasteiger partial charge in [0.05, 0.1) is 6.42 Å². The average molecular weight is 338 g/mol. The van der Waals surface area contributed by atoms with Crippen LogP contribution in [0.5, 0.6) is 0 Å². The maximum atomic E-state index is 12.1. The normalized spacial score (nSPS) is 10.4. The van der Waals surface area contributed by atoms with Gasteiger partial charge in [-0.25, -0.2) is 0 Å². The Morgan fingerprint density at radius 3 is 2.48 bits per heavy atom. The molecule has 1 N–H and O–H groups in total. The summed E-state index contributed by atoms with van der Waals surface area (Å²) in [7, 11) is 0. The summed E-state index contributed by atoms with van der Waals surface area (Å²) in [6.45, 7) is 7.14. The standard InChI is InChI=1S/C21H26N2O2/c1-16-7-6-9-19(13-16)14-21(25)22-11-12-23(18(3)24)15-20-10-5-4-8-17(20)2/h4-10,13H,11-12,14-15H2,1-3H3,(H,22,25). The van der Waals surface area contributed by atoms with Crippen LogP contribution in [0.2, 0.25) is 0 Å². The molecule has 0 aliphatic heterocycles. The van der Waals surface area contributed by atoms with Crippen molar-refractivity contribution in [2.75, 3.05) is 13.1 Å². The molecule has 2 rings (SSSR count). The Bertz CT molecular complexity index is 740. The van der Waals surface area contributed by atoms with Crippen LogP contribution in [0.25, 0.3) is 0 Å². The van der Waals surface area contributed by atoms with E-state index in [2.05, 4.69) is 5.32 Å². The van der Waals surface area contributed by atoms with Gasteiger partial charge >= 0.3 is 0 Å². The van der Waals surface area contributed by atoms with Crippen molar-refractivity contribution in [3.8, 4) is 0 Å². The van der Waals surface area contributed by atoms with Crippen molar-refractivity contribution in [2.45, 2.75) is 33.7 Å². The van der Waals surface area contributed by atoms with Crippen LogP contribution in [0.1, 0.15) is 29.2 Å². The van der Waals surface area contributed by atoms with Gasteiger partial charge in [-0.05, 0) is 30.5 Å². The lowest BCUT2D eigenvalue weighted by Crippen LogP contribution is -2.37. The highest BCUT2D eigenvalue weighted by atomic mass is 16.2. The van der Waals surface area contributed by atoms with Gasteiger partial charge in [-0.1, -0.05) is 54.1 Å². The summed E-state index contributed by atoms with van der Waals surface area (Å²) in [6.07, 6.45) is 0.361. The van der Waals surface area contributed by atoms with Gasteiger partial charge in [-0.2, -0.15) is 0 Å². The number of nitrogens with zero attached hydrogens (tertiary/aromatic N) is 1. The van der Waals surface area contributed by atoms with Gasteiger partial charge in [0.2, 0.25) is 11.8 Å². The highest BCUT2D eigenvalue weighted by molar-refractivity contribution is 5.78. The van der Waals surface area contributed by atoms with Crippen LogP contribution in [-0.4, -0.2) is 29.8 Å². The molecular weight excluding hydrogens is 312 g/mol. The van der Waals surface area contributed by atoms with Crippen molar-refractivity contribution in [1.82, 2.24) is 10.2 Å². The molecule has 0 bridgehead atoms. The number of aryl methyl sites for hydroxylation is 2. The Morgan fingerprint density at radius 1 is 1.04 bits per heavy atom. The predicted molar refractivity (Wildman–Crippen MR) is 100 cm³/mol. The lowest BCUT2D eigenvalue weighted by atomic mass is 10.1. The van der Waals surface area contributed by atoms with E-state index in [0.717, 1.165) is 22.3 Å². The third-order valence-electron chi connectivity index (χ3n) is 4.22. The molecule has 0 saturated carbocycles. The van der Waals surface area contributed by atoms with Crippen molar-refractivity contribution in [3.05, 3.63) is 70.8 Å². The zero-order valence-corrected chi connectivity index (χ0v) is 15.2. The largest absolute Gasteiger partial charge is 0.354 e. The Balaban J connectivity index is 1.84. The summed E-state index contributed by atoms with van der Waals surface area (Å²) >= 11 is 0. The van der Waals surface area contributed by atoms with E-state index in [1.165, 1.54) is 0 Å². The van der Waals surface area contributed by atoms with Crippen LogP contribution in [0, 0.1) is 13.8 Å². The monoisotopic (exact) mass is 338 g/mol. The first-order chi connectivity index (χ1) is 12.0. The summed E-state index contributed by atoms with van der Waals surface area (Å²) in [5, 5.41) is 2.90. The number of carbonyl (C=O) groups is 2. The SMILES string of the molecule is CC(=O)N(CCNC(=O)Cc1cccc(C)c1)Cc1ccccc1C. The summed E-state index contributed by atoms with van der Waals surface area (Å²) in [5.74, 6) is -0.0128. The summed E-state index contributed by atoms with van der Waals surface area (Å²) < 4.78 is 0. The molecule has 0 unspecified atom stereocenters. The fourth-order valence-electron chi connectivity index (χ4n) is 2.74.